The zero-order valence-electron chi connectivity index (χ0n) is 31.8. The second-order valence-electron chi connectivity index (χ2n) is 13.2. The van der Waals surface area contributed by atoms with Crippen molar-refractivity contribution in [1.82, 2.24) is 10.6 Å². The van der Waals surface area contributed by atoms with E-state index in [0.717, 1.165) is 16.9 Å². The molecule has 3 aromatic rings. The molecule has 276 valence electrons. The lowest BCUT2D eigenvalue weighted by atomic mass is 10.0. The molecular formula is C39H54N6O5S. The lowest BCUT2D eigenvalue weighted by molar-refractivity contribution is -0.139. The van der Waals surface area contributed by atoms with E-state index in [2.05, 4.69) is 97.0 Å². The first kappa shape index (κ1) is 40.7. The molecule has 0 saturated heterocycles. The van der Waals surface area contributed by atoms with E-state index in [1.165, 1.54) is 32.3 Å². The molecule has 0 aliphatic carbocycles. The third kappa shape index (κ3) is 10.2. The summed E-state index contributed by atoms with van der Waals surface area (Å²) in [4.78, 5) is 58.0. The summed E-state index contributed by atoms with van der Waals surface area (Å²) in [7, 11) is 8.25. The minimum Gasteiger partial charge on any atom is -0.481 e. The first-order valence-electron chi connectivity index (χ1n) is 17.4. The highest BCUT2D eigenvalue weighted by atomic mass is 32.2. The highest BCUT2D eigenvalue weighted by Crippen LogP contribution is 2.53. The smallest absolute Gasteiger partial charge is 0.303 e. The molecule has 0 bridgehead atoms. The van der Waals surface area contributed by atoms with Gasteiger partial charge in [-0.3, -0.25) is 19.2 Å². The molecule has 1 heterocycles. The van der Waals surface area contributed by atoms with Gasteiger partial charge in [-0.25, -0.2) is 0 Å². The molecule has 1 aliphatic rings. The highest BCUT2D eigenvalue weighted by molar-refractivity contribution is 7.99. The van der Waals surface area contributed by atoms with Crippen LogP contribution in [0.5, 0.6) is 0 Å². The number of rotatable bonds is 13. The Bertz CT molecular complexity index is 1720. The van der Waals surface area contributed by atoms with Crippen molar-refractivity contribution < 1.29 is 24.3 Å². The predicted octanol–water partition coefficient (Wildman–Crippen LogP) is 6.71. The zero-order chi connectivity index (χ0) is 38.2. The summed E-state index contributed by atoms with van der Waals surface area (Å²) in [6.45, 7) is 14.0. The maximum Gasteiger partial charge on any atom is 0.303 e. The fourth-order valence-electron chi connectivity index (χ4n) is 5.84. The van der Waals surface area contributed by atoms with Crippen LogP contribution in [0.1, 0.15) is 64.2 Å². The quantitative estimate of drug-likeness (QED) is 0.152. The van der Waals surface area contributed by atoms with Crippen molar-refractivity contribution in [1.29, 1.82) is 0 Å². The van der Waals surface area contributed by atoms with Crippen LogP contribution in [0.2, 0.25) is 0 Å². The summed E-state index contributed by atoms with van der Waals surface area (Å²) in [6.07, 6.45) is -0.566. The predicted molar refractivity (Wildman–Crippen MR) is 209 cm³/mol. The average molecular weight is 719 g/mol. The molecule has 11 nitrogen and oxygen atoms in total. The van der Waals surface area contributed by atoms with Gasteiger partial charge in [-0.1, -0.05) is 51.6 Å². The van der Waals surface area contributed by atoms with E-state index in [0.29, 0.717) is 12.2 Å². The number of nitrogens with zero attached hydrogens (tertiary/aromatic N) is 3. The first-order valence-corrected chi connectivity index (χ1v) is 18.2. The number of hydrogen-bond donors (Lipinski definition) is 4. The molecule has 0 aromatic heterocycles. The molecule has 0 saturated carbocycles. The van der Waals surface area contributed by atoms with Crippen LogP contribution in [0.3, 0.4) is 0 Å². The molecule has 1 aliphatic heterocycles. The van der Waals surface area contributed by atoms with Gasteiger partial charge in [0.1, 0.15) is 12.1 Å². The SMILES string of the molecule is CC.Cc1cc2c(cc1N(C)C)Sc1c(ccc(N(C)C)c1C)N2Cc1ccc(NC(=O)C(C)NC(=O)C(NC(=O)CCC(=O)O)C(C)C)cc1. The Morgan fingerprint density at radius 2 is 1.43 bits per heavy atom. The number of carboxylic acids is 1. The number of aryl methyl sites for hydroxylation is 1. The zero-order valence-corrected chi connectivity index (χ0v) is 32.6. The highest BCUT2D eigenvalue weighted by Gasteiger charge is 2.29. The number of benzene rings is 3. The van der Waals surface area contributed by atoms with Crippen molar-refractivity contribution in [3.63, 3.8) is 0 Å². The summed E-state index contributed by atoms with van der Waals surface area (Å²) in [5, 5.41) is 17.0. The molecule has 4 rings (SSSR count). The van der Waals surface area contributed by atoms with Crippen LogP contribution < -0.4 is 30.7 Å². The largest absolute Gasteiger partial charge is 0.481 e. The first-order chi connectivity index (χ1) is 24.1. The lowest BCUT2D eigenvalue weighted by Crippen LogP contribution is -2.53. The van der Waals surface area contributed by atoms with E-state index >= 15 is 0 Å². The lowest BCUT2D eigenvalue weighted by Gasteiger charge is -2.36. The van der Waals surface area contributed by atoms with Crippen molar-refractivity contribution in [3.8, 4) is 0 Å². The van der Waals surface area contributed by atoms with Crippen molar-refractivity contribution in [2.45, 2.75) is 89.7 Å². The van der Waals surface area contributed by atoms with E-state index < -0.39 is 35.8 Å². The molecule has 3 aromatic carbocycles. The molecular weight excluding hydrogens is 665 g/mol. The molecule has 0 radical (unpaired) electrons. The summed E-state index contributed by atoms with van der Waals surface area (Å²) in [6, 6.07) is 14.8. The number of carbonyl (C=O) groups excluding carboxylic acids is 3. The van der Waals surface area contributed by atoms with Gasteiger partial charge in [0.05, 0.1) is 17.8 Å². The van der Waals surface area contributed by atoms with Gasteiger partial charge in [0.15, 0.2) is 0 Å². The number of fused-ring (bicyclic) bond motifs is 2. The van der Waals surface area contributed by atoms with Crippen molar-refractivity contribution >= 4 is 63.9 Å². The van der Waals surface area contributed by atoms with Crippen LogP contribution >= 0.6 is 11.8 Å². The van der Waals surface area contributed by atoms with Gasteiger partial charge in [-0.15, -0.1) is 0 Å². The second-order valence-corrected chi connectivity index (χ2v) is 14.3. The topological polar surface area (TPSA) is 134 Å². The summed E-state index contributed by atoms with van der Waals surface area (Å²) in [5.74, 6) is -2.82. The van der Waals surface area contributed by atoms with Crippen molar-refractivity contribution in [2.75, 3.05) is 48.2 Å². The number of aliphatic carboxylic acids is 1. The molecule has 4 N–H and O–H groups in total. The number of hydrogen-bond acceptors (Lipinski definition) is 8. The van der Waals surface area contributed by atoms with Crippen LogP contribution in [0.25, 0.3) is 0 Å². The Labute approximate surface area is 307 Å². The Kier molecular flexibility index (Phi) is 14.4. The van der Waals surface area contributed by atoms with Gasteiger partial charge in [0.2, 0.25) is 17.7 Å². The maximum atomic E-state index is 13.0. The third-order valence-electron chi connectivity index (χ3n) is 8.54. The van der Waals surface area contributed by atoms with Gasteiger partial charge in [0, 0.05) is 68.0 Å². The third-order valence-corrected chi connectivity index (χ3v) is 9.80. The molecule has 0 fully saturated rings. The van der Waals surface area contributed by atoms with E-state index in [1.807, 2.05) is 38.1 Å². The van der Waals surface area contributed by atoms with Crippen LogP contribution in [0, 0.1) is 19.8 Å². The van der Waals surface area contributed by atoms with Crippen LogP contribution in [0.4, 0.5) is 28.4 Å². The van der Waals surface area contributed by atoms with E-state index in [-0.39, 0.29) is 18.8 Å². The Morgan fingerprint density at radius 3 is 2.00 bits per heavy atom. The van der Waals surface area contributed by atoms with Crippen molar-refractivity contribution in [2.24, 2.45) is 5.92 Å². The normalized spacial score (nSPS) is 12.7. The Morgan fingerprint density at radius 1 is 0.804 bits per heavy atom. The summed E-state index contributed by atoms with van der Waals surface area (Å²) in [5.41, 5.74) is 8.74. The number of carbonyl (C=O) groups is 4. The average Bonchev–Trinajstić information content (AvgIpc) is 3.07. The molecule has 12 heteroatoms. The maximum absolute atomic E-state index is 13.0. The van der Waals surface area contributed by atoms with Gasteiger partial charge < -0.3 is 35.8 Å². The van der Waals surface area contributed by atoms with Crippen molar-refractivity contribution in [3.05, 3.63) is 65.2 Å². The number of anilines is 5. The van der Waals surface area contributed by atoms with Gasteiger partial charge >= 0.3 is 5.97 Å². The Hall–Kier alpha value is -4.71. The number of amides is 3. The summed E-state index contributed by atoms with van der Waals surface area (Å²) >= 11 is 1.81. The minimum atomic E-state index is -1.09. The Balaban J connectivity index is 0.00000345. The van der Waals surface area contributed by atoms with Crippen LogP contribution in [0.15, 0.2) is 58.3 Å². The van der Waals surface area contributed by atoms with Gasteiger partial charge in [0.25, 0.3) is 0 Å². The standard InChI is InChI=1S/C37H48N6O5S.C2H6/c1-21(2)34(40-32(44)16-17-33(45)46)37(48)38-24(5)36(47)39-26-12-10-25(11-13-26)20-43-28-15-14-27(41(6)7)23(4)35(28)49-31-19-29(42(8)9)22(3)18-30(31)43;1-2/h10-15,18-19,21,24,34H,16-17,20H2,1-9H3,(H,38,48)(H,39,47)(H,40,44)(H,45,46);1-2H3. The molecule has 2 atom stereocenters. The van der Waals surface area contributed by atoms with Crippen LogP contribution in [-0.4, -0.2) is 69.1 Å². The van der Waals surface area contributed by atoms with Crippen LogP contribution in [-0.2, 0) is 25.7 Å². The molecule has 2 unspecified atom stereocenters. The fraction of sp³-hybridized carbons (Fsp3) is 0.436. The molecule has 51 heavy (non-hydrogen) atoms. The monoisotopic (exact) mass is 718 g/mol. The molecule has 3 amide bonds. The number of carboxylic acid groups (broad SMARTS) is 1. The number of nitrogens with one attached hydrogen (secondary N) is 3. The fourth-order valence-corrected chi connectivity index (χ4v) is 7.04. The molecule has 0 spiro atoms. The van der Waals surface area contributed by atoms with Gasteiger partial charge in [-0.2, -0.15) is 0 Å². The van der Waals surface area contributed by atoms with Gasteiger partial charge in [-0.05, 0) is 79.8 Å². The second kappa shape index (κ2) is 18.0. The summed E-state index contributed by atoms with van der Waals surface area (Å²) < 4.78 is 0. The van der Waals surface area contributed by atoms with E-state index in [9.17, 15) is 19.2 Å². The van der Waals surface area contributed by atoms with E-state index in [1.54, 1.807) is 32.5 Å². The minimum absolute atomic E-state index is 0.234. The van der Waals surface area contributed by atoms with E-state index in [4.69, 9.17) is 5.11 Å².